The van der Waals surface area contributed by atoms with Crippen LogP contribution in [0, 0.1) is 0 Å². The van der Waals surface area contributed by atoms with Crippen LogP contribution in [0.2, 0.25) is 0 Å². The third-order valence-electron chi connectivity index (χ3n) is 3.17. The fourth-order valence-corrected chi connectivity index (χ4v) is 1.97. The van der Waals surface area contributed by atoms with Gasteiger partial charge in [0.05, 0.1) is 17.1 Å². The normalized spacial score (nSPS) is 10.6. The highest BCUT2D eigenvalue weighted by atomic mass is 16.5. The Bertz CT molecular complexity index is 598. The molecular formula is C15H20N4O. The second-order valence-corrected chi connectivity index (χ2v) is 4.52. The Morgan fingerprint density at radius 1 is 1.00 bits per heavy atom. The van der Waals surface area contributed by atoms with Crippen LogP contribution in [0.1, 0.15) is 37.7 Å². The largest absolute Gasteiger partial charge is 0.421 e. The number of hydrogen-bond acceptors (Lipinski definition) is 5. The van der Waals surface area contributed by atoms with E-state index in [4.69, 9.17) is 10.5 Å². The first-order valence-corrected chi connectivity index (χ1v) is 6.96. The predicted molar refractivity (Wildman–Crippen MR) is 78.9 cm³/mol. The Balaban J connectivity index is 2.25. The van der Waals surface area contributed by atoms with Crippen LogP contribution >= 0.6 is 0 Å². The number of hydrogen-bond donors (Lipinski definition) is 1. The number of anilines is 1. The molecule has 5 heteroatoms. The lowest BCUT2D eigenvalue weighted by Gasteiger charge is -2.09. The molecule has 0 atom stereocenters. The number of ether oxygens (including phenoxy) is 1. The van der Waals surface area contributed by atoms with Crippen LogP contribution in [-0.2, 0) is 19.3 Å². The average molecular weight is 272 g/mol. The molecule has 1 aromatic heterocycles. The third-order valence-corrected chi connectivity index (χ3v) is 3.17. The second kappa shape index (κ2) is 6.32. The molecule has 0 unspecified atom stereocenters. The monoisotopic (exact) mass is 272 g/mol. The van der Waals surface area contributed by atoms with E-state index in [1.54, 1.807) is 0 Å². The Morgan fingerprint density at radius 2 is 1.75 bits per heavy atom. The minimum absolute atomic E-state index is 0.245. The summed E-state index contributed by atoms with van der Waals surface area (Å²) >= 11 is 0. The summed E-state index contributed by atoms with van der Waals surface area (Å²) in [5.74, 6) is 0.565. The molecule has 106 valence electrons. The minimum atomic E-state index is 0.245. The summed E-state index contributed by atoms with van der Waals surface area (Å²) in [6.07, 6.45) is 2.56. The molecule has 2 N–H and O–H groups in total. The van der Waals surface area contributed by atoms with E-state index in [1.165, 1.54) is 5.56 Å². The highest BCUT2D eigenvalue weighted by Crippen LogP contribution is 2.26. The molecule has 5 nitrogen and oxygen atoms in total. The molecule has 1 heterocycles. The highest BCUT2D eigenvalue weighted by Gasteiger charge is 2.09. The van der Waals surface area contributed by atoms with Crippen LogP contribution in [0.4, 0.5) is 5.69 Å². The molecule has 20 heavy (non-hydrogen) atoms. The summed E-state index contributed by atoms with van der Waals surface area (Å²) in [4.78, 5) is 4.39. The van der Waals surface area contributed by atoms with E-state index in [1.807, 2.05) is 32.0 Å². The van der Waals surface area contributed by atoms with E-state index in [0.29, 0.717) is 11.4 Å². The van der Waals surface area contributed by atoms with Crippen molar-refractivity contribution in [1.82, 2.24) is 15.2 Å². The minimum Gasteiger partial charge on any atom is -0.421 e. The molecule has 0 bridgehead atoms. The topological polar surface area (TPSA) is 73.9 Å². The van der Waals surface area contributed by atoms with Crippen LogP contribution in [0.25, 0.3) is 0 Å². The van der Waals surface area contributed by atoms with Gasteiger partial charge in [-0.1, -0.05) is 31.9 Å². The van der Waals surface area contributed by atoms with E-state index in [0.717, 1.165) is 30.7 Å². The van der Waals surface area contributed by atoms with Crippen molar-refractivity contribution in [3.8, 4) is 11.8 Å². The van der Waals surface area contributed by atoms with E-state index in [2.05, 4.69) is 22.1 Å². The maximum absolute atomic E-state index is 5.97. The molecule has 0 aliphatic rings. The third kappa shape index (κ3) is 3.04. The molecule has 1 aromatic carbocycles. The fraction of sp³-hybridized carbons (Fsp3) is 0.400. The van der Waals surface area contributed by atoms with Gasteiger partial charge in [-0.25, -0.2) is 0 Å². The summed E-state index contributed by atoms with van der Waals surface area (Å²) in [7, 11) is 0. The predicted octanol–water partition coefficient (Wildman–Crippen LogP) is 2.93. The van der Waals surface area contributed by atoms with Crippen LogP contribution in [0.15, 0.2) is 18.2 Å². The molecule has 0 spiro atoms. The van der Waals surface area contributed by atoms with Crippen LogP contribution < -0.4 is 10.5 Å². The zero-order valence-corrected chi connectivity index (χ0v) is 12.2. The molecule has 0 saturated carbocycles. The lowest BCUT2D eigenvalue weighted by Crippen LogP contribution is -2.05. The SMILES string of the molecule is CCc1ccc(Oc2nnc(CC)c(CC)n2)c(N)c1. The lowest BCUT2D eigenvalue weighted by molar-refractivity contribution is 0.430. The van der Waals surface area contributed by atoms with Gasteiger partial charge in [-0.05, 0) is 37.0 Å². The van der Waals surface area contributed by atoms with Crippen molar-refractivity contribution in [2.24, 2.45) is 0 Å². The van der Waals surface area contributed by atoms with Gasteiger partial charge >= 0.3 is 6.01 Å². The molecule has 0 amide bonds. The van der Waals surface area contributed by atoms with E-state index in [9.17, 15) is 0 Å². The Morgan fingerprint density at radius 3 is 2.35 bits per heavy atom. The first-order valence-electron chi connectivity index (χ1n) is 6.96. The first kappa shape index (κ1) is 14.2. The molecular weight excluding hydrogens is 252 g/mol. The van der Waals surface area contributed by atoms with Crippen LogP contribution in [0.3, 0.4) is 0 Å². The second-order valence-electron chi connectivity index (χ2n) is 4.52. The molecule has 0 saturated heterocycles. The van der Waals surface area contributed by atoms with Gasteiger partial charge in [0.2, 0.25) is 0 Å². The van der Waals surface area contributed by atoms with Gasteiger partial charge in [-0.3, -0.25) is 0 Å². The Hall–Kier alpha value is -2.17. The number of nitrogens with two attached hydrogens (primary N) is 1. The molecule has 2 rings (SSSR count). The van der Waals surface area contributed by atoms with Gasteiger partial charge in [-0.15, -0.1) is 5.10 Å². The fourth-order valence-electron chi connectivity index (χ4n) is 1.97. The molecule has 2 aromatic rings. The summed E-state index contributed by atoms with van der Waals surface area (Å²) in [5, 5.41) is 8.15. The number of benzene rings is 1. The maximum atomic E-state index is 5.97. The van der Waals surface area contributed by atoms with Crippen molar-refractivity contribution < 1.29 is 4.74 Å². The maximum Gasteiger partial charge on any atom is 0.341 e. The average Bonchev–Trinajstić information content (AvgIpc) is 2.49. The molecule has 0 fully saturated rings. The van der Waals surface area contributed by atoms with E-state index >= 15 is 0 Å². The van der Waals surface area contributed by atoms with Gasteiger partial charge in [0.25, 0.3) is 0 Å². The molecule has 0 aliphatic heterocycles. The van der Waals surface area contributed by atoms with Crippen molar-refractivity contribution in [2.75, 3.05) is 5.73 Å². The molecule has 0 radical (unpaired) electrons. The van der Waals surface area contributed by atoms with Gasteiger partial charge in [0, 0.05) is 0 Å². The van der Waals surface area contributed by atoms with Crippen molar-refractivity contribution in [1.29, 1.82) is 0 Å². The van der Waals surface area contributed by atoms with Crippen LogP contribution in [-0.4, -0.2) is 15.2 Å². The quantitative estimate of drug-likeness (QED) is 0.847. The zero-order chi connectivity index (χ0) is 14.5. The number of aromatic nitrogens is 3. The Labute approximate surface area is 119 Å². The number of nitrogens with zero attached hydrogens (tertiary/aromatic N) is 3. The number of nitrogen functional groups attached to an aromatic ring is 1. The van der Waals surface area contributed by atoms with Crippen molar-refractivity contribution >= 4 is 5.69 Å². The van der Waals surface area contributed by atoms with Crippen molar-refractivity contribution in [3.05, 3.63) is 35.2 Å². The van der Waals surface area contributed by atoms with Crippen molar-refractivity contribution in [2.45, 2.75) is 40.0 Å². The summed E-state index contributed by atoms with van der Waals surface area (Å²) in [6.45, 7) is 6.16. The first-order chi connectivity index (χ1) is 9.67. The summed E-state index contributed by atoms with van der Waals surface area (Å²) < 4.78 is 5.64. The lowest BCUT2D eigenvalue weighted by atomic mass is 10.1. The van der Waals surface area contributed by atoms with Gasteiger partial charge in [0.1, 0.15) is 0 Å². The van der Waals surface area contributed by atoms with Gasteiger partial charge in [-0.2, -0.15) is 4.98 Å². The number of rotatable bonds is 5. The zero-order valence-electron chi connectivity index (χ0n) is 12.2. The number of aryl methyl sites for hydroxylation is 3. The molecule has 0 aliphatic carbocycles. The van der Waals surface area contributed by atoms with Crippen molar-refractivity contribution in [3.63, 3.8) is 0 Å². The van der Waals surface area contributed by atoms with Gasteiger partial charge in [0.15, 0.2) is 5.75 Å². The summed E-state index contributed by atoms with van der Waals surface area (Å²) in [5.41, 5.74) is 9.56. The van der Waals surface area contributed by atoms with E-state index < -0.39 is 0 Å². The standard InChI is InChI=1S/C15H20N4O/c1-4-10-7-8-14(11(16)9-10)20-15-17-12(5-2)13(6-3)18-19-15/h7-9H,4-6,16H2,1-3H3. The van der Waals surface area contributed by atoms with E-state index in [-0.39, 0.29) is 6.01 Å². The summed E-state index contributed by atoms with van der Waals surface area (Å²) in [6, 6.07) is 5.98. The smallest absolute Gasteiger partial charge is 0.341 e. The Kier molecular flexibility index (Phi) is 4.50. The van der Waals surface area contributed by atoms with Crippen LogP contribution in [0.5, 0.6) is 11.8 Å². The highest BCUT2D eigenvalue weighted by molar-refractivity contribution is 5.55. The van der Waals surface area contributed by atoms with Gasteiger partial charge < -0.3 is 10.5 Å².